The summed E-state index contributed by atoms with van der Waals surface area (Å²) >= 11 is 0. The monoisotopic (exact) mass is 600 g/mol. The van der Waals surface area contributed by atoms with Crippen LogP contribution in [0.25, 0.3) is 0 Å². The number of fused-ring (bicyclic) bond motifs is 4. The van der Waals surface area contributed by atoms with Crippen LogP contribution in [0.3, 0.4) is 0 Å². The third kappa shape index (κ3) is 6.20. The van der Waals surface area contributed by atoms with E-state index in [0.29, 0.717) is 23.2 Å². The average Bonchev–Trinajstić information content (AvgIpc) is 3.82. The standard InChI is InChI=1S/C18H26O5.C17H26O3/c1-12(2)16(20)23-17(7-4-5-8-17)15-10-14-6-9-18(15,22-14)11-21-13(3)19;1-4-16-10-7-14(19-16)13(11-16)17(8-5-6-9-17)20-15(18)12(2)3/h14-15H,1,4-11H2,2-3H3;13-14H,2,4-11H2,1,3H3. The van der Waals surface area contributed by atoms with E-state index in [1.54, 1.807) is 13.8 Å². The second kappa shape index (κ2) is 12.3. The van der Waals surface area contributed by atoms with E-state index < -0.39 is 11.2 Å². The fraction of sp³-hybridized carbons (Fsp3) is 0.800. The molecule has 43 heavy (non-hydrogen) atoms. The fourth-order valence-corrected chi connectivity index (χ4v) is 9.18. The Labute approximate surface area is 257 Å². The van der Waals surface area contributed by atoms with E-state index in [9.17, 15) is 14.4 Å². The van der Waals surface area contributed by atoms with Gasteiger partial charge in [-0.3, -0.25) is 4.79 Å². The van der Waals surface area contributed by atoms with Crippen LogP contribution in [0, 0.1) is 11.8 Å². The van der Waals surface area contributed by atoms with E-state index in [1.165, 1.54) is 13.3 Å². The second-order valence-electron chi connectivity index (χ2n) is 14.3. The maximum absolute atomic E-state index is 12.2. The lowest BCUT2D eigenvalue weighted by atomic mass is 9.68. The highest BCUT2D eigenvalue weighted by Crippen LogP contribution is 2.58. The molecule has 4 saturated heterocycles. The number of carbonyl (C=O) groups excluding carboxylic acids is 3. The average molecular weight is 601 g/mol. The Kier molecular flexibility index (Phi) is 9.22. The van der Waals surface area contributed by atoms with Gasteiger partial charge in [-0.25, -0.2) is 9.59 Å². The predicted octanol–water partition coefficient (Wildman–Crippen LogP) is 6.69. The zero-order valence-corrected chi connectivity index (χ0v) is 26.8. The minimum atomic E-state index is -0.495. The lowest BCUT2D eigenvalue weighted by molar-refractivity contribution is -0.178. The molecule has 4 aliphatic heterocycles. The van der Waals surface area contributed by atoms with Crippen LogP contribution in [-0.2, 0) is 38.1 Å². The molecule has 2 saturated carbocycles. The molecule has 0 spiro atoms. The largest absolute Gasteiger partial charge is 0.463 e. The summed E-state index contributed by atoms with van der Waals surface area (Å²) in [6.45, 7) is 14.7. The summed E-state index contributed by atoms with van der Waals surface area (Å²) < 4.78 is 29.7. The summed E-state index contributed by atoms with van der Waals surface area (Å²) in [6, 6.07) is 0. The summed E-state index contributed by atoms with van der Waals surface area (Å²) in [6.07, 6.45) is 15.8. The summed E-state index contributed by atoms with van der Waals surface area (Å²) in [5.74, 6) is -0.352. The Bertz CT molecular complexity index is 1110. The fourth-order valence-electron chi connectivity index (χ4n) is 9.18. The van der Waals surface area contributed by atoms with Crippen LogP contribution in [0.1, 0.15) is 124 Å². The van der Waals surface area contributed by atoms with E-state index in [4.69, 9.17) is 23.7 Å². The minimum Gasteiger partial charge on any atom is -0.463 e. The maximum atomic E-state index is 12.2. The summed E-state index contributed by atoms with van der Waals surface area (Å²) in [5, 5.41) is 0. The van der Waals surface area contributed by atoms with Crippen LogP contribution >= 0.6 is 0 Å². The molecule has 2 aliphatic carbocycles. The molecule has 0 aromatic rings. The lowest BCUT2D eigenvalue weighted by Crippen LogP contribution is -2.53. The van der Waals surface area contributed by atoms with Gasteiger partial charge in [-0.05, 0) is 110 Å². The third-order valence-electron chi connectivity index (χ3n) is 11.4. The molecule has 6 rings (SSSR count). The minimum absolute atomic E-state index is 0.0700. The molecule has 0 amide bonds. The third-order valence-corrected chi connectivity index (χ3v) is 11.4. The van der Waals surface area contributed by atoms with Crippen LogP contribution in [0.5, 0.6) is 0 Å². The van der Waals surface area contributed by atoms with E-state index >= 15 is 0 Å². The van der Waals surface area contributed by atoms with Crippen LogP contribution < -0.4 is 0 Å². The molecule has 0 aromatic heterocycles. The molecular formula is C35H52O8. The summed E-state index contributed by atoms with van der Waals surface area (Å²) in [4.78, 5) is 35.5. The number of rotatable bonds is 9. The Morgan fingerprint density at radius 2 is 1.37 bits per heavy atom. The van der Waals surface area contributed by atoms with Crippen molar-refractivity contribution in [1.29, 1.82) is 0 Å². The summed E-state index contributed by atoms with van der Waals surface area (Å²) in [7, 11) is 0. The van der Waals surface area contributed by atoms with Gasteiger partial charge in [-0.15, -0.1) is 0 Å². The van der Waals surface area contributed by atoms with Gasteiger partial charge in [0.25, 0.3) is 0 Å². The molecule has 4 heterocycles. The number of hydrogen-bond donors (Lipinski definition) is 0. The van der Waals surface area contributed by atoms with E-state index in [-0.39, 0.29) is 47.7 Å². The predicted molar refractivity (Wildman–Crippen MR) is 161 cm³/mol. The van der Waals surface area contributed by atoms with Gasteiger partial charge in [-0.1, -0.05) is 20.1 Å². The molecule has 240 valence electrons. The molecule has 8 nitrogen and oxygen atoms in total. The van der Waals surface area contributed by atoms with Crippen molar-refractivity contribution in [2.24, 2.45) is 11.8 Å². The van der Waals surface area contributed by atoms with Gasteiger partial charge in [0.05, 0.1) is 17.8 Å². The van der Waals surface area contributed by atoms with Gasteiger partial charge in [0.15, 0.2) is 0 Å². The van der Waals surface area contributed by atoms with E-state index in [0.717, 1.165) is 89.9 Å². The first-order valence-corrected chi connectivity index (χ1v) is 16.6. The maximum Gasteiger partial charge on any atom is 0.333 e. The normalized spacial score (nSPS) is 36.1. The molecule has 6 atom stereocenters. The van der Waals surface area contributed by atoms with Crippen LogP contribution in [0.4, 0.5) is 0 Å². The van der Waals surface area contributed by atoms with Crippen molar-refractivity contribution in [2.75, 3.05) is 6.61 Å². The molecule has 6 fully saturated rings. The quantitative estimate of drug-likeness (QED) is 0.164. The summed E-state index contributed by atoms with van der Waals surface area (Å²) in [5.41, 5.74) is -0.264. The molecule has 6 unspecified atom stereocenters. The molecule has 0 radical (unpaired) electrons. The molecule has 8 heteroatoms. The molecule has 4 bridgehead atoms. The van der Waals surface area contributed by atoms with Crippen molar-refractivity contribution in [2.45, 2.75) is 159 Å². The van der Waals surface area contributed by atoms with Gasteiger partial charge in [0.2, 0.25) is 0 Å². The number of hydrogen-bond acceptors (Lipinski definition) is 8. The Hall–Kier alpha value is -2.19. The molecule has 6 aliphatic rings. The lowest BCUT2D eigenvalue weighted by Gasteiger charge is -2.43. The van der Waals surface area contributed by atoms with Crippen molar-refractivity contribution in [1.82, 2.24) is 0 Å². The number of carbonyl (C=O) groups is 3. The van der Waals surface area contributed by atoms with E-state index in [2.05, 4.69) is 20.1 Å². The molecule has 0 aromatic carbocycles. The van der Waals surface area contributed by atoms with Crippen LogP contribution in [0.15, 0.2) is 24.3 Å². The van der Waals surface area contributed by atoms with E-state index in [1.807, 2.05) is 0 Å². The van der Waals surface area contributed by atoms with Crippen molar-refractivity contribution in [3.8, 4) is 0 Å². The first-order chi connectivity index (χ1) is 20.4. The van der Waals surface area contributed by atoms with Gasteiger partial charge in [0.1, 0.15) is 23.4 Å². The second-order valence-corrected chi connectivity index (χ2v) is 14.3. The Morgan fingerprint density at radius 3 is 1.88 bits per heavy atom. The first-order valence-electron chi connectivity index (χ1n) is 16.6. The van der Waals surface area contributed by atoms with Crippen molar-refractivity contribution in [3.05, 3.63) is 24.3 Å². The van der Waals surface area contributed by atoms with Crippen molar-refractivity contribution < 1.29 is 38.1 Å². The Balaban J connectivity index is 0.000000173. The topological polar surface area (TPSA) is 97.4 Å². The number of ether oxygens (including phenoxy) is 5. The first kappa shape index (κ1) is 32.2. The Morgan fingerprint density at radius 1 is 0.791 bits per heavy atom. The van der Waals surface area contributed by atoms with Gasteiger partial charge in [0, 0.05) is 29.9 Å². The smallest absolute Gasteiger partial charge is 0.333 e. The highest BCUT2D eigenvalue weighted by Gasteiger charge is 2.63. The highest BCUT2D eigenvalue weighted by molar-refractivity contribution is 5.87. The van der Waals surface area contributed by atoms with Crippen LogP contribution in [-0.4, -0.2) is 59.1 Å². The van der Waals surface area contributed by atoms with Gasteiger partial charge < -0.3 is 23.7 Å². The van der Waals surface area contributed by atoms with Crippen LogP contribution in [0.2, 0.25) is 0 Å². The zero-order chi connectivity index (χ0) is 31.0. The number of esters is 3. The van der Waals surface area contributed by atoms with Gasteiger partial charge in [-0.2, -0.15) is 0 Å². The highest BCUT2D eigenvalue weighted by atomic mass is 16.6. The molecular weight excluding hydrogens is 548 g/mol. The SMILES string of the molecule is C=C(C)C(=O)OC1(C2CC3(CC)CCC2O3)CCCC1.C=C(C)C(=O)OC1(C2CC3CCC2(COC(C)=O)O3)CCCC1. The van der Waals surface area contributed by atoms with Gasteiger partial charge >= 0.3 is 17.9 Å². The zero-order valence-electron chi connectivity index (χ0n) is 26.8. The molecule has 0 N–H and O–H groups in total. The van der Waals surface area contributed by atoms with Crippen molar-refractivity contribution in [3.63, 3.8) is 0 Å². The van der Waals surface area contributed by atoms with Crippen molar-refractivity contribution >= 4 is 17.9 Å².